The number of rotatable bonds is 1. The van der Waals surface area contributed by atoms with Crippen molar-refractivity contribution in [2.75, 3.05) is 31.1 Å². The number of nitrogens with zero attached hydrogens (tertiary/aromatic N) is 4. The van der Waals surface area contributed by atoms with Crippen LogP contribution in [0.5, 0.6) is 0 Å². The standard InChI is InChI=1S/C19H22N4O/c1-13-5-6-16-11-17(12-20)19(21-18(16)14(13)2)23-8-4-7-22(9-10-23)15(3)24/h5-6,11H,4,7-10H2,1-3H3. The molecule has 0 N–H and O–H groups in total. The van der Waals surface area contributed by atoms with Crippen LogP contribution in [-0.2, 0) is 4.79 Å². The fraction of sp³-hybridized carbons (Fsp3) is 0.421. The van der Waals surface area contributed by atoms with Crippen molar-refractivity contribution in [2.24, 2.45) is 0 Å². The van der Waals surface area contributed by atoms with Crippen LogP contribution in [0.15, 0.2) is 18.2 Å². The first kappa shape index (κ1) is 16.3. The van der Waals surface area contributed by atoms with Gasteiger partial charge in [0.15, 0.2) is 0 Å². The van der Waals surface area contributed by atoms with Crippen molar-refractivity contribution in [3.63, 3.8) is 0 Å². The lowest BCUT2D eigenvalue weighted by Gasteiger charge is -2.24. The van der Waals surface area contributed by atoms with E-state index in [4.69, 9.17) is 4.98 Å². The summed E-state index contributed by atoms with van der Waals surface area (Å²) in [7, 11) is 0. The van der Waals surface area contributed by atoms with E-state index in [1.807, 2.05) is 17.0 Å². The Labute approximate surface area is 142 Å². The number of aryl methyl sites for hydroxylation is 2. The second kappa shape index (κ2) is 6.48. The average molecular weight is 322 g/mol. The van der Waals surface area contributed by atoms with Crippen LogP contribution in [-0.4, -0.2) is 42.0 Å². The summed E-state index contributed by atoms with van der Waals surface area (Å²) in [5.41, 5.74) is 3.90. The van der Waals surface area contributed by atoms with Crippen LogP contribution >= 0.6 is 0 Å². The molecule has 0 unspecified atom stereocenters. The Morgan fingerprint density at radius 3 is 2.71 bits per heavy atom. The zero-order valence-corrected chi connectivity index (χ0v) is 14.5. The van der Waals surface area contributed by atoms with Crippen LogP contribution in [0.3, 0.4) is 0 Å². The van der Waals surface area contributed by atoms with Crippen molar-refractivity contribution in [1.29, 1.82) is 5.26 Å². The van der Waals surface area contributed by atoms with Crippen LogP contribution in [0.2, 0.25) is 0 Å². The molecule has 5 heteroatoms. The van der Waals surface area contributed by atoms with Gasteiger partial charge in [0.2, 0.25) is 5.91 Å². The van der Waals surface area contributed by atoms with Crippen LogP contribution in [0.1, 0.15) is 30.0 Å². The number of anilines is 1. The van der Waals surface area contributed by atoms with Gasteiger partial charge < -0.3 is 9.80 Å². The van der Waals surface area contributed by atoms with E-state index >= 15 is 0 Å². The minimum Gasteiger partial charge on any atom is -0.354 e. The van der Waals surface area contributed by atoms with E-state index < -0.39 is 0 Å². The van der Waals surface area contributed by atoms with Gasteiger partial charge in [0.05, 0.1) is 11.1 Å². The third-order valence-corrected chi connectivity index (χ3v) is 4.85. The summed E-state index contributed by atoms with van der Waals surface area (Å²) < 4.78 is 0. The average Bonchev–Trinajstić information content (AvgIpc) is 2.83. The lowest BCUT2D eigenvalue weighted by Crippen LogP contribution is -2.34. The first-order valence-electron chi connectivity index (χ1n) is 8.33. The second-order valence-corrected chi connectivity index (χ2v) is 6.40. The van der Waals surface area contributed by atoms with Gasteiger partial charge in [-0.2, -0.15) is 5.26 Å². The quantitative estimate of drug-likeness (QED) is 0.810. The highest BCUT2D eigenvalue weighted by Crippen LogP contribution is 2.27. The first-order chi connectivity index (χ1) is 11.5. The molecule has 1 aromatic heterocycles. The molecule has 24 heavy (non-hydrogen) atoms. The molecule has 1 aliphatic rings. The van der Waals surface area contributed by atoms with E-state index in [1.54, 1.807) is 6.92 Å². The molecule has 124 valence electrons. The smallest absolute Gasteiger partial charge is 0.219 e. The van der Waals surface area contributed by atoms with Crippen LogP contribution in [0.4, 0.5) is 5.82 Å². The summed E-state index contributed by atoms with van der Waals surface area (Å²) in [6.45, 7) is 8.70. The van der Waals surface area contributed by atoms with Gasteiger partial charge in [-0.25, -0.2) is 4.98 Å². The van der Waals surface area contributed by atoms with E-state index in [9.17, 15) is 10.1 Å². The van der Waals surface area contributed by atoms with E-state index in [-0.39, 0.29) is 5.91 Å². The highest BCUT2D eigenvalue weighted by Gasteiger charge is 2.20. The molecule has 0 atom stereocenters. The molecular formula is C19H22N4O. The number of hydrogen-bond acceptors (Lipinski definition) is 4. The van der Waals surface area contributed by atoms with Gasteiger partial charge in [0.1, 0.15) is 11.9 Å². The van der Waals surface area contributed by atoms with Crippen molar-refractivity contribution in [1.82, 2.24) is 9.88 Å². The number of amides is 1. The van der Waals surface area contributed by atoms with Crippen molar-refractivity contribution >= 4 is 22.6 Å². The molecule has 1 amide bonds. The minimum atomic E-state index is 0.107. The Morgan fingerprint density at radius 2 is 2.00 bits per heavy atom. The Kier molecular flexibility index (Phi) is 4.39. The Bertz CT molecular complexity index is 837. The summed E-state index contributed by atoms with van der Waals surface area (Å²) in [6, 6.07) is 8.31. The molecule has 0 saturated carbocycles. The number of hydrogen-bond donors (Lipinski definition) is 0. The number of pyridine rings is 1. The van der Waals surface area contributed by atoms with Gasteiger partial charge in [0, 0.05) is 38.5 Å². The normalized spacial score (nSPS) is 15.2. The van der Waals surface area contributed by atoms with E-state index in [2.05, 4.69) is 30.9 Å². The number of aromatic nitrogens is 1. The molecule has 0 spiro atoms. The molecule has 5 nitrogen and oxygen atoms in total. The molecule has 0 radical (unpaired) electrons. The molecule has 3 rings (SSSR count). The maximum atomic E-state index is 11.6. The van der Waals surface area contributed by atoms with E-state index in [0.29, 0.717) is 18.7 Å². The highest BCUT2D eigenvalue weighted by molar-refractivity contribution is 5.86. The molecule has 0 aliphatic carbocycles. The summed E-state index contributed by atoms with van der Waals surface area (Å²) in [4.78, 5) is 20.5. The molecule has 1 aromatic carbocycles. The largest absolute Gasteiger partial charge is 0.354 e. The van der Waals surface area contributed by atoms with Gasteiger partial charge in [-0.1, -0.05) is 12.1 Å². The zero-order valence-electron chi connectivity index (χ0n) is 14.5. The minimum absolute atomic E-state index is 0.107. The zero-order chi connectivity index (χ0) is 17.3. The van der Waals surface area contributed by atoms with Crippen molar-refractivity contribution < 1.29 is 4.79 Å². The lowest BCUT2D eigenvalue weighted by atomic mass is 10.0. The molecular weight excluding hydrogens is 300 g/mol. The summed E-state index contributed by atoms with van der Waals surface area (Å²) in [6.07, 6.45) is 0.886. The maximum absolute atomic E-state index is 11.6. The van der Waals surface area contributed by atoms with Gasteiger partial charge in [-0.15, -0.1) is 0 Å². The van der Waals surface area contributed by atoms with Gasteiger partial charge in [-0.3, -0.25) is 4.79 Å². The van der Waals surface area contributed by atoms with Gasteiger partial charge in [0.25, 0.3) is 0 Å². The predicted molar refractivity (Wildman–Crippen MR) is 95.0 cm³/mol. The number of benzene rings is 1. The summed E-state index contributed by atoms with van der Waals surface area (Å²) in [5, 5.41) is 10.6. The van der Waals surface area contributed by atoms with Crippen LogP contribution < -0.4 is 4.90 Å². The number of carbonyl (C=O) groups excluding carboxylic acids is 1. The van der Waals surface area contributed by atoms with Gasteiger partial charge in [-0.05, 0) is 37.5 Å². The molecule has 1 fully saturated rings. The van der Waals surface area contributed by atoms with Crippen LogP contribution in [0, 0.1) is 25.2 Å². The SMILES string of the molecule is CC(=O)N1CCCN(c2nc3c(C)c(C)ccc3cc2C#N)CC1. The monoisotopic (exact) mass is 322 g/mol. The summed E-state index contributed by atoms with van der Waals surface area (Å²) in [5.74, 6) is 0.847. The summed E-state index contributed by atoms with van der Waals surface area (Å²) >= 11 is 0. The van der Waals surface area contributed by atoms with Crippen molar-refractivity contribution in [3.8, 4) is 6.07 Å². The Hall–Kier alpha value is -2.61. The Morgan fingerprint density at radius 1 is 1.21 bits per heavy atom. The topological polar surface area (TPSA) is 60.2 Å². The highest BCUT2D eigenvalue weighted by atomic mass is 16.2. The Balaban J connectivity index is 2.03. The third kappa shape index (κ3) is 2.92. The molecule has 1 saturated heterocycles. The molecule has 1 aliphatic heterocycles. The van der Waals surface area contributed by atoms with Crippen LogP contribution in [0.25, 0.3) is 10.9 Å². The van der Waals surface area contributed by atoms with E-state index in [0.717, 1.165) is 41.8 Å². The molecule has 2 aromatic rings. The van der Waals surface area contributed by atoms with E-state index in [1.165, 1.54) is 5.56 Å². The predicted octanol–water partition coefficient (Wildman–Crippen LogP) is 2.78. The molecule has 0 bridgehead atoms. The lowest BCUT2D eigenvalue weighted by molar-refractivity contribution is -0.128. The number of nitriles is 1. The fourth-order valence-electron chi connectivity index (χ4n) is 3.24. The van der Waals surface area contributed by atoms with Crippen molar-refractivity contribution in [2.45, 2.75) is 27.2 Å². The second-order valence-electron chi connectivity index (χ2n) is 6.40. The van der Waals surface area contributed by atoms with Crippen molar-refractivity contribution in [3.05, 3.63) is 34.9 Å². The maximum Gasteiger partial charge on any atom is 0.219 e. The van der Waals surface area contributed by atoms with Gasteiger partial charge >= 0.3 is 0 Å². The fourth-order valence-corrected chi connectivity index (χ4v) is 3.24. The third-order valence-electron chi connectivity index (χ3n) is 4.85. The molecule has 2 heterocycles. The number of carbonyl (C=O) groups is 1. The first-order valence-corrected chi connectivity index (χ1v) is 8.33. The number of fused-ring (bicyclic) bond motifs is 1.